The number of hydrogen-bond donors (Lipinski definition) is 2. The number of nitrogens with one attached hydrogen (secondary N) is 2. The van der Waals surface area contributed by atoms with Crippen molar-refractivity contribution < 1.29 is 32.5 Å². The molecule has 208 valence electrons. The molecule has 0 aliphatic carbocycles. The fourth-order valence-corrected chi connectivity index (χ4v) is 4.53. The van der Waals surface area contributed by atoms with Gasteiger partial charge in [0.25, 0.3) is 0 Å². The van der Waals surface area contributed by atoms with Crippen LogP contribution in [0.1, 0.15) is 11.1 Å². The second-order valence-electron chi connectivity index (χ2n) is 9.18. The molecule has 10 heteroatoms. The van der Waals surface area contributed by atoms with E-state index in [0.717, 1.165) is 22.4 Å². The van der Waals surface area contributed by atoms with E-state index in [9.17, 15) is 13.6 Å². The molecule has 2 aliphatic heterocycles. The lowest BCUT2D eigenvalue weighted by atomic mass is 10.00. The molecule has 0 unspecified atom stereocenters. The Kier molecular flexibility index (Phi) is 7.27. The summed E-state index contributed by atoms with van der Waals surface area (Å²) in [6.45, 7) is -1.57. The largest absolute Gasteiger partial charge is 0.486 e. The number of anilines is 1. The summed E-state index contributed by atoms with van der Waals surface area (Å²) in [6.07, 6.45) is 0. The zero-order valence-electron chi connectivity index (χ0n) is 21.7. The lowest BCUT2D eigenvalue weighted by Crippen LogP contribution is -2.40. The van der Waals surface area contributed by atoms with E-state index >= 15 is 0 Å². The Hall–Kier alpha value is -5.25. The van der Waals surface area contributed by atoms with Gasteiger partial charge in [-0.3, -0.25) is 5.43 Å². The first-order chi connectivity index (χ1) is 20.0. The number of benzene rings is 4. The van der Waals surface area contributed by atoms with Gasteiger partial charge in [0.2, 0.25) is 0 Å². The molecule has 41 heavy (non-hydrogen) atoms. The van der Waals surface area contributed by atoms with E-state index in [1.807, 2.05) is 48.5 Å². The molecule has 0 bridgehead atoms. The van der Waals surface area contributed by atoms with Crippen LogP contribution in [0.3, 0.4) is 0 Å². The Morgan fingerprint density at radius 3 is 2.17 bits per heavy atom. The molecule has 0 saturated heterocycles. The minimum Gasteiger partial charge on any atom is -0.486 e. The molecule has 0 fully saturated rings. The second-order valence-corrected chi connectivity index (χ2v) is 9.18. The molecule has 2 aliphatic rings. The normalized spacial score (nSPS) is 14.1. The lowest BCUT2D eigenvalue weighted by molar-refractivity contribution is -0.0498. The number of halogens is 2. The molecule has 4 aromatic carbocycles. The summed E-state index contributed by atoms with van der Waals surface area (Å²) in [5.74, 6) is 2.39. The van der Waals surface area contributed by atoms with Gasteiger partial charge in [-0.1, -0.05) is 36.4 Å². The van der Waals surface area contributed by atoms with Crippen LogP contribution in [-0.2, 0) is 0 Å². The molecule has 2 N–H and O–H groups in total. The van der Waals surface area contributed by atoms with Crippen LogP contribution in [0.2, 0.25) is 0 Å². The van der Waals surface area contributed by atoms with Gasteiger partial charge in [0.15, 0.2) is 11.5 Å². The van der Waals surface area contributed by atoms with Gasteiger partial charge in [-0.05, 0) is 71.8 Å². The monoisotopic (exact) mass is 557 g/mol. The highest BCUT2D eigenvalue weighted by molar-refractivity contribution is 5.98. The lowest BCUT2D eigenvalue weighted by Gasteiger charge is -2.20. The number of hydrazine groups is 1. The molecule has 8 nitrogen and oxygen atoms in total. The molecule has 2 heterocycles. The maximum Gasteiger partial charge on any atom is 0.387 e. The molecule has 0 radical (unpaired) electrons. The van der Waals surface area contributed by atoms with E-state index in [1.165, 1.54) is 29.3 Å². The van der Waals surface area contributed by atoms with Crippen LogP contribution in [0.5, 0.6) is 28.7 Å². The van der Waals surface area contributed by atoms with Crippen LogP contribution in [0.25, 0.3) is 11.3 Å². The summed E-state index contributed by atoms with van der Waals surface area (Å²) in [4.78, 5) is 13.3. The Morgan fingerprint density at radius 2 is 1.46 bits per heavy atom. The van der Waals surface area contributed by atoms with Gasteiger partial charge in [-0.25, -0.2) is 9.80 Å². The zero-order valence-corrected chi connectivity index (χ0v) is 21.7. The number of carbonyl (C=O) groups is 1. The predicted molar refractivity (Wildman–Crippen MR) is 149 cm³/mol. The number of rotatable bonds is 7. The quantitative estimate of drug-likeness (QED) is 0.261. The molecular formula is C31H25F2N3O5. The molecule has 0 spiro atoms. The van der Waals surface area contributed by atoms with Gasteiger partial charge in [0, 0.05) is 11.3 Å². The van der Waals surface area contributed by atoms with Crippen LogP contribution in [0.4, 0.5) is 19.3 Å². The van der Waals surface area contributed by atoms with E-state index < -0.39 is 6.61 Å². The molecule has 0 saturated carbocycles. The van der Waals surface area contributed by atoms with Crippen molar-refractivity contribution in [3.05, 3.63) is 108 Å². The average Bonchev–Trinajstić information content (AvgIpc) is 3.45. The summed E-state index contributed by atoms with van der Waals surface area (Å²) in [7, 11) is 0. The number of alkyl halides is 2. The summed E-state index contributed by atoms with van der Waals surface area (Å²) in [6, 6.07) is 27.9. The summed E-state index contributed by atoms with van der Waals surface area (Å²) in [5.41, 5.74) is 7.47. The number of ether oxygens (including phenoxy) is 4. The van der Waals surface area contributed by atoms with Crippen molar-refractivity contribution in [1.29, 1.82) is 0 Å². The first kappa shape index (κ1) is 26.0. The zero-order chi connectivity index (χ0) is 28.2. The van der Waals surface area contributed by atoms with E-state index in [4.69, 9.17) is 14.2 Å². The topological polar surface area (TPSA) is 81.3 Å². The summed E-state index contributed by atoms with van der Waals surface area (Å²) >= 11 is 0. The number of amides is 2. The van der Waals surface area contributed by atoms with E-state index in [-0.39, 0.29) is 11.8 Å². The van der Waals surface area contributed by atoms with Gasteiger partial charge in [0.1, 0.15) is 30.5 Å². The minimum atomic E-state index is -2.89. The maximum absolute atomic E-state index is 13.3. The number of fused-ring (bicyclic) bond motifs is 1. The molecule has 4 aromatic rings. The van der Waals surface area contributed by atoms with Crippen LogP contribution in [-0.4, -0.2) is 37.4 Å². The second kappa shape index (κ2) is 11.5. The highest BCUT2D eigenvalue weighted by Crippen LogP contribution is 2.37. The number of urea groups is 1. The molecule has 6 rings (SSSR count). The van der Waals surface area contributed by atoms with Gasteiger partial charge in [0.05, 0.1) is 12.2 Å². The Morgan fingerprint density at radius 1 is 0.805 bits per heavy atom. The Labute approximate surface area is 234 Å². The maximum atomic E-state index is 13.3. The van der Waals surface area contributed by atoms with Crippen molar-refractivity contribution in [1.82, 2.24) is 10.4 Å². The first-order valence-electron chi connectivity index (χ1n) is 12.9. The smallest absolute Gasteiger partial charge is 0.387 e. The van der Waals surface area contributed by atoms with E-state index in [0.29, 0.717) is 48.4 Å². The third kappa shape index (κ3) is 6.01. The summed E-state index contributed by atoms with van der Waals surface area (Å²) < 4.78 is 46.2. The Balaban J connectivity index is 1.14. The van der Waals surface area contributed by atoms with Gasteiger partial charge in [-0.2, -0.15) is 8.78 Å². The summed E-state index contributed by atoms with van der Waals surface area (Å²) in [5, 5.41) is 4.42. The van der Waals surface area contributed by atoms with Crippen LogP contribution >= 0.6 is 0 Å². The minimum absolute atomic E-state index is 0.0444. The molecule has 0 aromatic heterocycles. The Bertz CT molecular complexity index is 1560. The van der Waals surface area contributed by atoms with Crippen molar-refractivity contribution in [2.75, 3.05) is 25.1 Å². The number of hydrogen-bond acceptors (Lipinski definition) is 6. The van der Waals surface area contributed by atoms with Crippen molar-refractivity contribution in [3.63, 3.8) is 0 Å². The highest BCUT2D eigenvalue weighted by atomic mass is 19.3. The van der Waals surface area contributed by atoms with Crippen molar-refractivity contribution in [2.45, 2.75) is 6.61 Å². The van der Waals surface area contributed by atoms with Crippen LogP contribution in [0.15, 0.2) is 97.1 Å². The number of nitrogens with zero attached hydrogens (tertiary/aromatic N) is 1. The molecular weight excluding hydrogens is 532 g/mol. The van der Waals surface area contributed by atoms with E-state index in [1.54, 1.807) is 24.3 Å². The molecule has 2 amide bonds. The average molecular weight is 558 g/mol. The third-order valence-corrected chi connectivity index (χ3v) is 6.45. The molecule has 0 atom stereocenters. The standard InChI is InChI=1S/C31H25F2N3O5/c32-30(33)41-25-13-11-24(12-14-25)40-23-9-7-22(8-10-23)34-31(37)36-19-26(29(35-36)20-4-2-1-3-5-20)21-6-15-27-28(18-21)39-17-16-38-27/h1-15,18,30,35H,16-17,19H2,(H,34,37). The van der Waals surface area contributed by atoms with E-state index in [2.05, 4.69) is 15.5 Å². The first-order valence-corrected chi connectivity index (χ1v) is 12.9. The van der Waals surface area contributed by atoms with Crippen molar-refractivity contribution in [3.8, 4) is 28.7 Å². The fraction of sp³-hybridized carbons (Fsp3) is 0.129. The van der Waals surface area contributed by atoms with Crippen molar-refractivity contribution >= 4 is 23.0 Å². The predicted octanol–water partition coefficient (Wildman–Crippen LogP) is 6.77. The van der Waals surface area contributed by atoms with Crippen LogP contribution < -0.4 is 29.7 Å². The number of carbonyl (C=O) groups excluding carboxylic acids is 1. The third-order valence-electron chi connectivity index (χ3n) is 6.45. The fourth-order valence-electron chi connectivity index (χ4n) is 4.53. The van der Waals surface area contributed by atoms with Gasteiger partial charge in [-0.15, -0.1) is 0 Å². The van der Waals surface area contributed by atoms with Crippen molar-refractivity contribution in [2.24, 2.45) is 0 Å². The SMILES string of the molecule is O=C(Nc1ccc(Oc2ccc(OC(F)F)cc2)cc1)N1CC(c2ccc3c(c2)OCCO3)=C(c2ccccc2)N1. The van der Waals surface area contributed by atoms with Gasteiger partial charge < -0.3 is 24.3 Å². The highest BCUT2D eigenvalue weighted by Gasteiger charge is 2.28. The van der Waals surface area contributed by atoms with Gasteiger partial charge >= 0.3 is 12.6 Å². The van der Waals surface area contributed by atoms with Crippen LogP contribution in [0, 0.1) is 0 Å².